The van der Waals surface area contributed by atoms with Crippen molar-refractivity contribution in [3.8, 4) is 5.75 Å². The van der Waals surface area contributed by atoms with Gasteiger partial charge in [0.25, 0.3) is 0 Å². The van der Waals surface area contributed by atoms with Gasteiger partial charge in [-0.05, 0) is 30.7 Å². The maximum Gasteiger partial charge on any atom is 0.137 e. The van der Waals surface area contributed by atoms with Gasteiger partial charge in [-0.25, -0.2) is 0 Å². The first-order chi connectivity index (χ1) is 7.17. The molecule has 0 saturated heterocycles. The zero-order valence-electron chi connectivity index (χ0n) is 9.00. The van der Waals surface area contributed by atoms with Crippen molar-refractivity contribution < 1.29 is 4.74 Å². The van der Waals surface area contributed by atoms with Gasteiger partial charge in [0.1, 0.15) is 5.75 Å². The summed E-state index contributed by atoms with van der Waals surface area (Å²) >= 11 is 7.78. The van der Waals surface area contributed by atoms with E-state index in [0.717, 1.165) is 17.2 Å². The van der Waals surface area contributed by atoms with Crippen LogP contribution in [0.3, 0.4) is 0 Å². The van der Waals surface area contributed by atoms with Gasteiger partial charge in [-0.3, -0.25) is 0 Å². The molecular formula is C11H16ClNOS. The van der Waals surface area contributed by atoms with Gasteiger partial charge in [-0.2, -0.15) is 0 Å². The second-order valence-electron chi connectivity index (χ2n) is 3.45. The molecule has 15 heavy (non-hydrogen) atoms. The van der Waals surface area contributed by atoms with E-state index >= 15 is 0 Å². The highest BCUT2D eigenvalue weighted by Crippen LogP contribution is 2.30. The van der Waals surface area contributed by atoms with Gasteiger partial charge >= 0.3 is 0 Å². The fourth-order valence-electron chi connectivity index (χ4n) is 1.04. The Morgan fingerprint density at radius 2 is 2.27 bits per heavy atom. The molecule has 0 aliphatic rings. The summed E-state index contributed by atoms with van der Waals surface area (Å²) in [5.74, 6) is 2.25. The minimum Gasteiger partial charge on any atom is -0.495 e. The summed E-state index contributed by atoms with van der Waals surface area (Å²) in [6.45, 7) is 2.86. The van der Waals surface area contributed by atoms with Crippen LogP contribution in [0.4, 0.5) is 0 Å². The third kappa shape index (κ3) is 3.93. The van der Waals surface area contributed by atoms with Crippen LogP contribution in [0, 0.1) is 5.92 Å². The van der Waals surface area contributed by atoms with Gasteiger partial charge < -0.3 is 10.5 Å². The lowest BCUT2D eigenvalue weighted by Gasteiger charge is -2.09. The average Bonchev–Trinajstić information content (AvgIpc) is 2.26. The monoisotopic (exact) mass is 245 g/mol. The van der Waals surface area contributed by atoms with E-state index < -0.39 is 0 Å². The van der Waals surface area contributed by atoms with E-state index in [2.05, 4.69) is 6.92 Å². The van der Waals surface area contributed by atoms with Crippen molar-refractivity contribution in [3.63, 3.8) is 0 Å². The number of halogens is 1. The second-order valence-corrected chi connectivity index (χ2v) is 4.95. The number of hydrogen-bond acceptors (Lipinski definition) is 3. The zero-order valence-corrected chi connectivity index (χ0v) is 10.6. The van der Waals surface area contributed by atoms with Gasteiger partial charge in [-0.1, -0.05) is 18.5 Å². The Morgan fingerprint density at radius 3 is 2.80 bits per heavy atom. The standard InChI is InChI=1S/C11H16ClNOS/c1-8(6-13)7-15-9-3-4-11(14-2)10(12)5-9/h3-5,8H,6-7,13H2,1-2H3. The van der Waals surface area contributed by atoms with Crippen LogP contribution in [-0.4, -0.2) is 19.4 Å². The van der Waals surface area contributed by atoms with Crippen molar-refractivity contribution in [2.75, 3.05) is 19.4 Å². The molecule has 0 bridgehead atoms. The van der Waals surface area contributed by atoms with Crippen molar-refractivity contribution in [2.45, 2.75) is 11.8 Å². The van der Waals surface area contributed by atoms with Crippen LogP contribution in [-0.2, 0) is 0 Å². The highest BCUT2D eigenvalue weighted by atomic mass is 35.5. The summed E-state index contributed by atoms with van der Waals surface area (Å²) in [5.41, 5.74) is 5.55. The summed E-state index contributed by atoms with van der Waals surface area (Å²) in [6, 6.07) is 5.82. The number of ether oxygens (including phenoxy) is 1. The normalized spacial score (nSPS) is 12.5. The topological polar surface area (TPSA) is 35.2 Å². The van der Waals surface area contributed by atoms with Crippen LogP contribution < -0.4 is 10.5 Å². The van der Waals surface area contributed by atoms with E-state index in [1.54, 1.807) is 18.9 Å². The number of thioether (sulfide) groups is 1. The lowest BCUT2D eigenvalue weighted by molar-refractivity contribution is 0.414. The molecule has 2 N–H and O–H groups in total. The fraction of sp³-hybridized carbons (Fsp3) is 0.455. The van der Waals surface area contributed by atoms with Crippen molar-refractivity contribution in [2.24, 2.45) is 11.7 Å². The molecule has 0 radical (unpaired) electrons. The van der Waals surface area contributed by atoms with Crippen molar-refractivity contribution in [1.82, 2.24) is 0 Å². The Hall–Kier alpha value is -0.380. The van der Waals surface area contributed by atoms with Crippen LogP contribution >= 0.6 is 23.4 Å². The Bertz CT molecular complexity index is 319. The summed E-state index contributed by atoms with van der Waals surface area (Å²) in [6.07, 6.45) is 0. The maximum atomic E-state index is 6.02. The van der Waals surface area contributed by atoms with Gasteiger partial charge in [0.15, 0.2) is 0 Å². The maximum absolute atomic E-state index is 6.02. The Labute approximate surface area is 100 Å². The first-order valence-electron chi connectivity index (χ1n) is 4.83. The first kappa shape index (κ1) is 12.7. The Balaban J connectivity index is 2.59. The van der Waals surface area contributed by atoms with E-state index in [4.69, 9.17) is 22.1 Å². The third-order valence-electron chi connectivity index (χ3n) is 2.06. The fourth-order valence-corrected chi connectivity index (χ4v) is 2.34. The van der Waals surface area contributed by atoms with E-state index in [-0.39, 0.29) is 0 Å². The molecule has 1 rings (SSSR count). The molecule has 1 aromatic carbocycles. The minimum absolute atomic E-state index is 0.524. The van der Waals surface area contributed by atoms with Crippen molar-refractivity contribution in [3.05, 3.63) is 23.2 Å². The molecule has 0 spiro atoms. The van der Waals surface area contributed by atoms with Gasteiger partial charge in [0.05, 0.1) is 12.1 Å². The molecule has 1 atom stereocenters. The van der Waals surface area contributed by atoms with Gasteiger partial charge in [-0.15, -0.1) is 11.8 Å². The highest BCUT2D eigenvalue weighted by Gasteiger charge is 2.04. The molecule has 0 fully saturated rings. The molecule has 0 aliphatic heterocycles. The summed E-state index contributed by atoms with van der Waals surface area (Å²) in [7, 11) is 1.62. The molecular weight excluding hydrogens is 230 g/mol. The number of benzene rings is 1. The van der Waals surface area contributed by atoms with Gasteiger partial charge in [0, 0.05) is 10.6 Å². The van der Waals surface area contributed by atoms with Crippen LogP contribution in [0.5, 0.6) is 5.75 Å². The quantitative estimate of drug-likeness (QED) is 0.810. The molecule has 84 valence electrons. The summed E-state index contributed by atoms with van der Waals surface area (Å²) in [5, 5.41) is 0.655. The van der Waals surface area contributed by atoms with E-state index in [9.17, 15) is 0 Å². The lowest BCUT2D eigenvalue weighted by Crippen LogP contribution is -2.12. The van der Waals surface area contributed by atoms with Crippen molar-refractivity contribution in [1.29, 1.82) is 0 Å². The highest BCUT2D eigenvalue weighted by molar-refractivity contribution is 7.99. The zero-order chi connectivity index (χ0) is 11.3. The van der Waals surface area contributed by atoms with Crippen molar-refractivity contribution >= 4 is 23.4 Å². The van der Waals surface area contributed by atoms with Crippen LogP contribution in [0.2, 0.25) is 5.02 Å². The van der Waals surface area contributed by atoms with E-state index in [1.165, 1.54) is 0 Å². The molecule has 4 heteroatoms. The number of rotatable bonds is 5. The minimum atomic E-state index is 0.524. The van der Waals surface area contributed by atoms with Crippen LogP contribution in [0.15, 0.2) is 23.1 Å². The predicted molar refractivity (Wildman–Crippen MR) is 66.9 cm³/mol. The predicted octanol–water partition coefficient (Wildman–Crippen LogP) is 3.04. The molecule has 1 aromatic rings. The third-order valence-corrected chi connectivity index (χ3v) is 3.68. The smallest absolute Gasteiger partial charge is 0.137 e. The molecule has 1 unspecified atom stereocenters. The van der Waals surface area contributed by atoms with Crippen LogP contribution in [0.25, 0.3) is 0 Å². The first-order valence-corrected chi connectivity index (χ1v) is 6.20. The number of nitrogens with two attached hydrogens (primary N) is 1. The average molecular weight is 246 g/mol. The molecule has 0 saturated carbocycles. The van der Waals surface area contributed by atoms with E-state index in [1.807, 2.05) is 18.2 Å². The van der Waals surface area contributed by atoms with Gasteiger partial charge in [0.2, 0.25) is 0 Å². The molecule has 2 nitrogen and oxygen atoms in total. The Morgan fingerprint density at radius 1 is 1.53 bits per heavy atom. The summed E-state index contributed by atoms with van der Waals surface area (Å²) in [4.78, 5) is 1.15. The molecule has 0 aliphatic carbocycles. The molecule has 0 heterocycles. The second kappa shape index (κ2) is 6.26. The largest absolute Gasteiger partial charge is 0.495 e. The van der Waals surface area contributed by atoms with E-state index in [0.29, 0.717) is 16.7 Å². The number of methoxy groups -OCH3 is 1. The Kier molecular flexibility index (Phi) is 5.29. The summed E-state index contributed by atoms with van der Waals surface area (Å²) < 4.78 is 5.09. The molecule has 0 aromatic heterocycles. The number of hydrogen-bond donors (Lipinski definition) is 1. The molecule has 0 amide bonds. The lowest BCUT2D eigenvalue weighted by atomic mass is 10.2. The van der Waals surface area contributed by atoms with Crippen LogP contribution in [0.1, 0.15) is 6.92 Å². The SMILES string of the molecule is COc1ccc(SCC(C)CN)cc1Cl.